The molecule has 0 heterocycles. The summed E-state index contributed by atoms with van der Waals surface area (Å²) < 4.78 is 0. The first-order chi connectivity index (χ1) is 7.18. The Kier molecular flexibility index (Phi) is 5.07. The summed E-state index contributed by atoms with van der Waals surface area (Å²) in [7, 11) is 0. The number of nitrogens with one attached hydrogen (secondary N) is 1. The molecule has 1 aliphatic rings. The molecular formula is C13H28N2. The lowest BCUT2D eigenvalue weighted by atomic mass is 9.71. The van der Waals surface area contributed by atoms with Gasteiger partial charge in [-0.25, -0.2) is 0 Å². The molecule has 0 aromatic carbocycles. The molecule has 0 bridgehead atoms. The van der Waals surface area contributed by atoms with E-state index in [9.17, 15) is 0 Å². The maximum atomic E-state index is 6.04. The fraction of sp³-hybridized carbons (Fsp3) is 1.00. The van der Waals surface area contributed by atoms with E-state index in [1.807, 2.05) is 0 Å². The zero-order valence-corrected chi connectivity index (χ0v) is 10.7. The number of rotatable bonds is 5. The van der Waals surface area contributed by atoms with Gasteiger partial charge in [-0.05, 0) is 32.1 Å². The second kappa shape index (κ2) is 5.86. The van der Waals surface area contributed by atoms with Crippen molar-refractivity contribution in [2.24, 2.45) is 11.7 Å². The van der Waals surface area contributed by atoms with Gasteiger partial charge in [0.15, 0.2) is 0 Å². The molecule has 90 valence electrons. The highest BCUT2D eigenvalue weighted by atomic mass is 15.0. The third kappa shape index (κ3) is 2.94. The van der Waals surface area contributed by atoms with Gasteiger partial charge in [-0.3, -0.25) is 0 Å². The summed E-state index contributed by atoms with van der Waals surface area (Å²) in [5.74, 6) is 0.783. The van der Waals surface area contributed by atoms with Crippen LogP contribution >= 0.6 is 0 Å². The zero-order chi connectivity index (χ0) is 11.3. The fourth-order valence-corrected chi connectivity index (χ4v) is 3.02. The third-order valence-electron chi connectivity index (χ3n) is 4.21. The second-order valence-corrected chi connectivity index (χ2v) is 5.16. The van der Waals surface area contributed by atoms with Gasteiger partial charge in [0.25, 0.3) is 0 Å². The van der Waals surface area contributed by atoms with Crippen LogP contribution in [0.5, 0.6) is 0 Å². The van der Waals surface area contributed by atoms with Crippen molar-refractivity contribution in [2.45, 2.75) is 70.9 Å². The first kappa shape index (κ1) is 13.0. The van der Waals surface area contributed by atoms with Crippen molar-refractivity contribution in [3.63, 3.8) is 0 Å². The molecule has 2 nitrogen and oxygen atoms in total. The highest BCUT2D eigenvalue weighted by Gasteiger charge is 2.38. The van der Waals surface area contributed by atoms with Crippen molar-refractivity contribution in [3.8, 4) is 0 Å². The maximum absolute atomic E-state index is 6.04. The molecule has 1 rings (SSSR count). The van der Waals surface area contributed by atoms with E-state index in [1.54, 1.807) is 0 Å². The molecule has 3 N–H and O–H groups in total. The average molecular weight is 212 g/mol. The minimum atomic E-state index is 0.239. The summed E-state index contributed by atoms with van der Waals surface area (Å²) in [4.78, 5) is 0. The topological polar surface area (TPSA) is 38.0 Å². The van der Waals surface area contributed by atoms with Gasteiger partial charge in [0.2, 0.25) is 0 Å². The van der Waals surface area contributed by atoms with E-state index in [-0.39, 0.29) is 5.54 Å². The Morgan fingerprint density at radius 3 is 2.67 bits per heavy atom. The molecule has 0 aromatic rings. The van der Waals surface area contributed by atoms with Crippen molar-refractivity contribution in [1.82, 2.24) is 5.32 Å². The van der Waals surface area contributed by atoms with Crippen LogP contribution in [-0.2, 0) is 0 Å². The minimum Gasteiger partial charge on any atom is -0.329 e. The molecule has 0 amide bonds. The Labute approximate surface area is 95.0 Å². The largest absolute Gasteiger partial charge is 0.329 e. The number of hydrogen-bond donors (Lipinski definition) is 2. The van der Waals surface area contributed by atoms with Gasteiger partial charge in [-0.2, -0.15) is 0 Å². The van der Waals surface area contributed by atoms with Crippen molar-refractivity contribution in [2.75, 3.05) is 6.54 Å². The van der Waals surface area contributed by atoms with Crippen molar-refractivity contribution >= 4 is 0 Å². The van der Waals surface area contributed by atoms with Crippen LogP contribution in [0.3, 0.4) is 0 Å². The lowest BCUT2D eigenvalue weighted by Gasteiger charge is -2.46. The molecule has 3 unspecified atom stereocenters. The summed E-state index contributed by atoms with van der Waals surface area (Å²) >= 11 is 0. The Hall–Kier alpha value is -0.0800. The van der Waals surface area contributed by atoms with Crippen LogP contribution in [0.2, 0.25) is 0 Å². The summed E-state index contributed by atoms with van der Waals surface area (Å²) in [6.45, 7) is 7.62. The molecule has 3 atom stereocenters. The summed E-state index contributed by atoms with van der Waals surface area (Å²) in [6.07, 6.45) is 7.82. The van der Waals surface area contributed by atoms with E-state index < -0.39 is 0 Å². The van der Waals surface area contributed by atoms with Crippen LogP contribution in [0, 0.1) is 5.92 Å². The van der Waals surface area contributed by atoms with Gasteiger partial charge in [0.1, 0.15) is 0 Å². The summed E-state index contributed by atoms with van der Waals surface area (Å²) in [6, 6.07) is 0.598. The molecule has 2 heteroatoms. The van der Waals surface area contributed by atoms with Gasteiger partial charge in [-0.1, -0.05) is 33.1 Å². The fourth-order valence-electron chi connectivity index (χ4n) is 3.02. The van der Waals surface area contributed by atoms with Gasteiger partial charge in [-0.15, -0.1) is 0 Å². The van der Waals surface area contributed by atoms with Crippen molar-refractivity contribution in [3.05, 3.63) is 0 Å². The van der Waals surface area contributed by atoms with E-state index in [2.05, 4.69) is 26.1 Å². The van der Waals surface area contributed by atoms with E-state index >= 15 is 0 Å². The normalized spacial score (nSPS) is 34.0. The van der Waals surface area contributed by atoms with Crippen LogP contribution in [0.15, 0.2) is 0 Å². The average Bonchev–Trinajstić information content (AvgIpc) is 2.29. The van der Waals surface area contributed by atoms with Crippen LogP contribution in [0.4, 0.5) is 0 Å². The van der Waals surface area contributed by atoms with Gasteiger partial charge < -0.3 is 11.1 Å². The van der Waals surface area contributed by atoms with Crippen molar-refractivity contribution < 1.29 is 0 Å². The Bertz CT molecular complexity index is 181. The number of nitrogens with two attached hydrogens (primary N) is 1. The third-order valence-corrected chi connectivity index (χ3v) is 4.21. The van der Waals surface area contributed by atoms with Crippen LogP contribution in [0.1, 0.15) is 59.3 Å². The molecule has 15 heavy (non-hydrogen) atoms. The second-order valence-electron chi connectivity index (χ2n) is 5.16. The Morgan fingerprint density at radius 1 is 1.40 bits per heavy atom. The first-order valence-corrected chi connectivity index (χ1v) is 6.66. The van der Waals surface area contributed by atoms with E-state index in [4.69, 9.17) is 5.73 Å². The van der Waals surface area contributed by atoms with Crippen LogP contribution < -0.4 is 11.1 Å². The molecule has 0 spiro atoms. The summed E-state index contributed by atoms with van der Waals surface area (Å²) in [5, 5.41) is 3.81. The minimum absolute atomic E-state index is 0.239. The van der Waals surface area contributed by atoms with Gasteiger partial charge >= 0.3 is 0 Å². The molecule has 1 aliphatic carbocycles. The predicted octanol–water partition coefficient (Wildman–Crippen LogP) is 2.67. The molecule has 0 saturated heterocycles. The standard InChI is InChI=1S/C13H28N2/c1-4-11(3)15-13(10-14)9-7-6-8-12(13)5-2/h11-12,15H,4-10,14H2,1-3H3. The van der Waals surface area contributed by atoms with Crippen LogP contribution in [0.25, 0.3) is 0 Å². The quantitative estimate of drug-likeness (QED) is 0.735. The smallest absolute Gasteiger partial charge is 0.0334 e. The van der Waals surface area contributed by atoms with E-state index in [0.29, 0.717) is 6.04 Å². The molecule has 1 fully saturated rings. The lowest BCUT2D eigenvalue weighted by molar-refractivity contribution is 0.129. The van der Waals surface area contributed by atoms with E-state index in [1.165, 1.54) is 38.5 Å². The van der Waals surface area contributed by atoms with E-state index in [0.717, 1.165) is 12.5 Å². The SMILES string of the molecule is CCC(C)NC1(CN)CCCCC1CC. The Morgan fingerprint density at radius 2 is 2.13 bits per heavy atom. The molecular weight excluding hydrogens is 184 g/mol. The lowest BCUT2D eigenvalue weighted by Crippen LogP contribution is -2.60. The molecule has 1 saturated carbocycles. The summed E-state index contributed by atoms with van der Waals surface area (Å²) in [5.41, 5.74) is 6.28. The highest BCUT2D eigenvalue weighted by molar-refractivity contribution is 4.98. The molecule has 0 aromatic heterocycles. The van der Waals surface area contributed by atoms with Crippen LogP contribution in [-0.4, -0.2) is 18.1 Å². The first-order valence-electron chi connectivity index (χ1n) is 6.66. The zero-order valence-electron chi connectivity index (χ0n) is 10.7. The maximum Gasteiger partial charge on any atom is 0.0334 e. The Balaban J connectivity index is 2.69. The number of hydrogen-bond acceptors (Lipinski definition) is 2. The van der Waals surface area contributed by atoms with Gasteiger partial charge in [0, 0.05) is 18.1 Å². The van der Waals surface area contributed by atoms with Crippen molar-refractivity contribution in [1.29, 1.82) is 0 Å². The predicted molar refractivity (Wildman–Crippen MR) is 66.9 cm³/mol. The highest BCUT2D eigenvalue weighted by Crippen LogP contribution is 2.35. The monoisotopic (exact) mass is 212 g/mol. The molecule has 0 radical (unpaired) electrons. The molecule has 0 aliphatic heterocycles. The van der Waals surface area contributed by atoms with Gasteiger partial charge in [0.05, 0.1) is 0 Å².